The second-order valence-electron chi connectivity index (χ2n) is 4.83. The maximum Gasteiger partial charge on any atom is 0.251 e. The van der Waals surface area contributed by atoms with Crippen LogP contribution in [-0.2, 0) is 0 Å². The molecule has 0 spiro atoms. The Labute approximate surface area is 125 Å². The van der Waals surface area contributed by atoms with Gasteiger partial charge in [-0.3, -0.25) is 4.79 Å². The third kappa shape index (κ3) is 4.37. The molecule has 2 rings (SSSR count). The van der Waals surface area contributed by atoms with Crippen molar-refractivity contribution < 1.29 is 4.79 Å². The summed E-state index contributed by atoms with van der Waals surface area (Å²) in [7, 11) is 0. The van der Waals surface area contributed by atoms with Crippen LogP contribution in [-0.4, -0.2) is 25.5 Å². The third-order valence-electron chi connectivity index (χ3n) is 3.46. The van der Waals surface area contributed by atoms with Crippen molar-refractivity contribution in [3.05, 3.63) is 34.3 Å². The van der Waals surface area contributed by atoms with Gasteiger partial charge in [0.25, 0.3) is 5.91 Å². The van der Waals surface area contributed by atoms with E-state index in [1.54, 1.807) is 6.07 Å². The number of halogens is 2. The standard InChI is InChI=1S/C14H19ClN2O.ClH/c1-10-12(5-2-6-13(10)15)14(18)17-9-11-4-3-7-16-8-11;/h2,5-6,11,16H,3-4,7-9H2,1H3,(H,17,18);1H. The van der Waals surface area contributed by atoms with E-state index in [1.807, 2.05) is 19.1 Å². The summed E-state index contributed by atoms with van der Waals surface area (Å²) in [6.45, 7) is 4.70. The van der Waals surface area contributed by atoms with Crippen LogP contribution in [0.25, 0.3) is 0 Å². The summed E-state index contributed by atoms with van der Waals surface area (Å²) in [6, 6.07) is 5.43. The quantitative estimate of drug-likeness (QED) is 0.901. The van der Waals surface area contributed by atoms with E-state index in [2.05, 4.69) is 10.6 Å². The number of nitrogens with one attached hydrogen (secondary N) is 2. The van der Waals surface area contributed by atoms with E-state index in [4.69, 9.17) is 11.6 Å². The molecule has 0 saturated carbocycles. The van der Waals surface area contributed by atoms with Crippen LogP contribution in [0.5, 0.6) is 0 Å². The van der Waals surface area contributed by atoms with E-state index in [-0.39, 0.29) is 18.3 Å². The van der Waals surface area contributed by atoms with E-state index in [0.29, 0.717) is 16.5 Å². The highest BCUT2D eigenvalue weighted by atomic mass is 35.5. The predicted octanol–water partition coefficient (Wildman–Crippen LogP) is 2.80. The minimum Gasteiger partial charge on any atom is -0.352 e. The number of benzene rings is 1. The third-order valence-corrected chi connectivity index (χ3v) is 3.87. The Morgan fingerprint density at radius 2 is 2.32 bits per heavy atom. The molecule has 106 valence electrons. The van der Waals surface area contributed by atoms with Crippen LogP contribution in [0.15, 0.2) is 18.2 Å². The first kappa shape index (κ1) is 16.3. The van der Waals surface area contributed by atoms with Crippen LogP contribution in [0.4, 0.5) is 0 Å². The fraction of sp³-hybridized carbons (Fsp3) is 0.500. The first-order valence-electron chi connectivity index (χ1n) is 6.42. The Morgan fingerprint density at radius 1 is 1.53 bits per heavy atom. The monoisotopic (exact) mass is 302 g/mol. The molecule has 1 saturated heterocycles. The van der Waals surface area contributed by atoms with Crippen molar-refractivity contribution in [2.24, 2.45) is 5.92 Å². The van der Waals surface area contributed by atoms with Crippen molar-refractivity contribution in [2.75, 3.05) is 19.6 Å². The van der Waals surface area contributed by atoms with Gasteiger partial charge < -0.3 is 10.6 Å². The highest BCUT2D eigenvalue weighted by Gasteiger charge is 2.15. The average molecular weight is 303 g/mol. The topological polar surface area (TPSA) is 41.1 Å². The van der Waals surface area contributed by atoms with E-state index in [9.17, 15) is 4.79 Å². The molecule has 1 aliphatic rings. The molecule has 0 radical (unpaired) electrons. The summed E-state index contributed by atoms with van der Waals surface area (Å²) in [4.78, 5) is 12.1. The van der Waals surface area contributed by atoms with Gasteiger partial charge in [-0.15, -0.1) is 12.4 Å². The molecular formula is C14H20Cl2N2O. The van der Waals surface area contributed by atoms with Gasteiger partial charge in [0, 0.05) is 17.1 Å². The van der Waals surface area contributed by atoms with Crippen molar-refractivity contribution in [2.45, 2.75) is 19.8 Å². The molecule has 19 heavy (non-hydrogen) atoms. The Kier molecular flexibility index (Phi) is 6.63. The molecule has 1 heterocycles. The number of amides is 1. The summed E-state index contributed by atoms with van der Waals surface area (Å²) in [5.74, 6) is 0.516. The van der Waals surface area contributed by atoms with Gasteiger partial charge in [0.15, 0.2) is 0 Å². The molecule has 5 heteroatoms. The number of piperidine rings is 1. The molecule has 1 unspecified atom stereocenters. The highest BCUT2D eigenvalue weighted by molar-refractivity contribution is 6.31. The van der Waals surface area contributed by atoms with Gasteiger partial charge in [-0.25, -0.2) is 0 Å². The summed E-state index contributed by atoms with van der Waals surface area (Å²) < 4.78 is 0. The van der Waals surface area contributed by atoms with Crippen LogP contribution in [0, 0.1) is 12.8 Å². The molecule has 1 atom stereocenters. The number of rotatable bonds is 3. The molecule has 0 aromatic heterocycles. The molecule has 3 nitrogen and oxygen atoms in total. The first-order valence-corrected chi connectivity index (χ1v) is 6.80. The number of carbonyl (C=O) groups is 1. The number of hydrogen-bond acceptors (Lipinski definition) is 2. The maximum absolute atomic E-state index is 12.1. The van der Waals surface area contributed by atoms with Gasteiger partial charge in [-0.2, -0.15) is 0 Å². The second-order valence-corrected chi connectivity index (χ2v) is 5.24. The van der Waals surface area contributed by atoms with Crippen molar-refractivity contribution in [3.8, 4) is 0 Å². The minimum absolute atomic E-state index is 0. The lowest BCUT2D eigenvalue weighted by Crippen LogP contribution is -2.38. The van der Waals surface area contributed by atoms with Crippen LogP contribution in [0.2, 0.25) is 5.02 Å². The van der Waals surface area contributed by atoms with Gasteiger partial charge in [0.2, 0.25) is 0 Å². The molecular weight excluding hydrogens is 283 g/mol. The van der Waals surface area contributed by atoms with Crippen LogP contribution in [0.1, 0.15) is 28.8 Å². The predicted molar refractivity (Wildman–Crippen MR) is 81.4 cm³/mol. The Hall–Kier alpha value is -0.770. The molecule has 2 N–H and O–H groups in total. The van der Waals surface area contributed by atoms with Crippen molar-refractivity contribution in [1.82, 2.24) is 10.6 Å². The zero-order valence-electron chi connectivity index (χ0n) is 11.0. The number of hydrogen-bond donors (Lipinski definition) is 2. The summed E-state index contributed by atoms with van der Waals surface area (Å²) in [5, 5.41) is 6.99. The van der Waals surface area contributed by atoms with E-state index in [1.165, 1.54) is 12.8 Å². The van der Waals surface area contributed by atoms with Crippen molar-refractivity contribution in [3.63, 3.8) is 0 Å². The van der Waals surface area contributed by atoms with Gasteiger partial charge in [0.05, 0.1) is 0 Å². The zero-order valence-corrected chi connectivity index (χ0v) is 12.6. The number of carbonyl (C=O) groups excluding carboxylic acids is 1. The lowest BCUT2D eigenvalue weighted by Gasteiger charge is -2.23. The smallest absolute Gasteiger partial charge is 0.251 e. The minimum atomic E-state index is -0.0272. The normalized spacial score (nSPS) is 18.5. The summed E-state index contributed by atoms with van der Waals surface area (Å²) in [6.07, 6.45) is 2.37. The fourth-order valence-electron chi connectivity index (χ4n) is 2.28. The van der Waals surface area contributed by atoms with Crippen LogP contribution in [0.3, 0.4) is 0 Å². The molecule has 0 bridgehead atoms. The first-order chi connectivity index (χ1) is 8.68. The van der Waals surface area contributed by atoms with E-state index < -0.39 is 0 Å². The molecule has 1 amide bonds. The van der Waals surface area contributed by atoms with Crippen LogP contribution < -0.4 is 10.6 Å². The van der Waals surface area contributed by atoms with Gasteiger partial charge in [-0.1, -0.05) is 17.7 Å². The van der Waals surface area contributed by atoms with Crippen LogP contribution >= 0.6 is 24.0 Å². The molecule has 1 aromatic rings. The highest BCUT2D eigenvalue weighted by Crippen LogP contribution is 2.18. The molecule has 1 aliphatic heterocycles. The van der Waals surface area contributed by atoms with Gasteiger partial charge in [-0.05, 0) is 56.5 Å². The molecule has 0 aliphatic carbocycles. The van der Waals surface area contributed by atoms with Crippen molar-refractivity contribution in [1.29, 1.82) is 0 Å². The Bertz CT molecular complexity index is 431. The zero-order chi connectivity index (χ0) is 13.0. The largest absolute Gasteiger partial charge is 0.352 e. The lowest BCUT2D eigenvalue weighted by atomic mass is 9.99. The summed E-state index contributed by atoms with van der Waals surface area (Å²) in [5.41, 5.74) is 1.52. The Morgan fingerprint density at radius 3 is 3.00 bits per heavy atom. The van der Waals surface area contributed by atoms with E-state index >= 15 is 0 Å². The fourth-order valence-corrected chi connectivity index (χ4v) is 2.46. The van der Waals surface area contributed by atoms with E-state index in [0.717, 1.165) is 25.2 Å². The second kappa shape index (κ2) is 7.73. The maximum atomic E-state index is 12.1. The van der Waals surface area contributed by atoms with Gasteiger partial charge in [0.1, 0.15) is 0 Å². The SMILES string of the molecule is Cc1c(Cl)cccc1C(=O)NCC1CCCNC1.Cl. The average Bonchev–Trinajstić information content (AvgIpc) is 2.40. The summed E-state index contributed by atoms with van der Waals surface area (Å²) >= 11 is 6.02. The Balaban J connectivity index is 0.00000180. The molecule has 1 fully saturated rings. The molecule has 1 aromatic carbocycles. The van der Waals surface area contributed by atoms with Gasteiger partial charge >= 0.3 is 0 Å². The van der Waals surface area contributed by atoms with Crippen molar-refractivity contribution >= 4 is 29.9 Å². The lowest BCUT2D eigenvalue weighted by molar-refractivity contribution is 0.0944.